The smallest absolute Gasteiger partial charge is 0.240 e. The topological polar surface area (TPSA) is 58.2 Å². The summed E-state index contributed by atoms with van der Waals surface area (Å²) in [5.74, 6) is -0.447. The Kier molecular flexibility index (Phi) is 3.92. The van der Waals surface area contributed by atoms with Crippen LogP contribution >= 0.6 is 0 Å². The van der Waals surface area contributed by atoms with Gasteiger partial charge in [-0.15, -0.1) is 0 Å². The molecule has 0 spiro atoms. The monoisotopic (exact) mass is 294 g/mol. The summed E-state index contributed by atoms with van der Waals surface area (Å²) < 4.78 is 0. The molecule has 2 N–H and O–H groups in total. The number of carbonyl (C=O) groups excluding carboxylic acids is 2. The van der Waals surface area contributed by atoms with E-state index in [-0.39, 0.29) is 11.8 Å². The maximum atomic E-state index is 12.6. The van der Waals surface area contributed by atoms with Crippen LogP contribution in [0.4, 0.5) is 11.4 Å². The van der Waals surface area contributed by atoms with Gasteiger partial charge in [-0.1, -0.05) is 42.8 Å². The van der Waals surface area contributed by atoms with Gasteiger partial charge in [-0.3, -0.25) is 9.59 Å². The van der Waals surface area contributed by atoms with Gasteiger partial charge in [-0.25, -0.2) is 0 Å². The second-order valence-electron chi connectivity index (χ2n) is 5.58. The quantitative estimate of drug-likeness (QED) is 0.849. The Morgan fingerprint density at radius 2 is 1.14 bits per heavy atom. The van der Waals surface area contributed by atoms with Gasteiger partial charge in [0, 0.05) is 11.4 Å². The molecule has 1 saturated carbocycles. The van der Waals surface area contributed by atoms with E-state index < -0.39 is 5.41 Å². The molecule has 4 heteroatoms. The summed E-state index contributed by atoms with van der Waals surface area (Å²) in [6, 6.07) is 18.5. The van der Waals surface area contributed by atoms with E-state index >= 15 is 0 Å². The molecule has 22 heavy (non-hydrogen) atoms. The van der Waals surface area contributed by atoms with Gasteiger partial charge in [0.05, 0.1) is 0 Å². The van der Waals surface area contributed by atoms with Gasteiger partial charge in [-0.2, -0.15) is 0 Å². The Labute approximate surface area is 129 Å². The zero-order valence-electron chi connectivity index (χ0n) is 12.2. The molecule has 2 aromatic rings. The van der Waals surface area contributed by atoms with Crippen LogP contribution in [-0.2, 0) is 9.59 Å². The van der Waals surface area contributed by atoms with E-state index in [4.69, 9.17) is 0 Å². The Morgan fingerprint density at radius 3 is 1.45 bits per heavy atom. The van der Waals surface area contributed by atoms with Crippen molar-refractivity contribution < 1.29 is 9.59 Å². The normalized spacial score (nSPS) is 15.5. The van der Waals surface area contributed by atoms with E-state index in [1.165, 1.54) is 0 Å². The maximum Gasteiger partial charge on any atom is 0.240 e. The highest BCUT2D eigenvalue weighted by molar-refractivity contribution is 6.15. The predicted octanol–water partition coefficient (Wildman–Crippen LogP) is 3.43. The number of para-hydroxylation sites is 2. The van der Waals surface area contributed by atoms with E-state index in [9.17, 15) is 9.59 Å². The first-order valence-electron chi connectivity index (χ1n) is 7.44. The zero-order chi connectivity index (χ0) is 15.4. The van der Waals surface area contributed by atoms with Gasteiger partial charge in [0.25, 0.3) is 0 Å². The van der Waals surface area contributed by atoms with Gasteiger partial charge in [0.1, 0.15) is 5.41 Å². The van der Waals surface area contributed by atoms with Crippen molar-refractivity contribution in [3.63, 3.8) is 0 Å². The maximum absolute atomic E-state index is 12.6. The molecule has 1 aliphatic rings. The molecule has 4 nitrogen and oxygen atoms in total. The summed E-state index contributed by atoms with van der Waals surface area (Å²) in [6.07, 6.45) is 2.07. The fourth-order valence-corrected chi connectivity index (χ4v) is 2.63. The minimum atomic E-state index is -0.953. The lowest BCUT2D eigenvalue weighted by molar-refractivity contribution is -0.142. The van der Waals surface area contributed by atoms with Crippen molar-refractivity contribution in [3.8, 4) is 0 Å². The summed E-state index contributed by atoms with van der Waals surface area (Å²) in [5, 5.41) is 5.70. The molecule has 1 aliphatic carbocycles. The third-order valence-electron chi connectivity index (χ3n) is 4.14. The molecule has 1 fully saturated rings. The van der Waals surface area contributed by atoms with Crippen molar-refractivity contribution in [2.24, 2.45) is 5.41 Å². The third kappa shape index (κ3) is 2.72. The number of benzene rings is 2. The highest BCUT2D eigenvalue weighted by Crippen LogP contribution is 2.43. The first-order chi connectivity index (χ1) is 10.7. The number of rotatable bonds is 4. The summed E-state index contributed by atoms with van der Waals surface area (Å²) in [7, 11) is 0. The van der Waals surface area contributed by atoms with E-state index in [2.05, 4.69) is 10.6 Å². The largest absolute Gasteiger partial charge is 0.325 e. The molecule has 3 rings (SSSR count). The van der Waals surface area contributed by atoms with Gasteiger partial charge >= 0.3 is 0 Å². The van der Waals surface area contributed by atoms with Crippen LogP contribution in [-0.4, -0.2) is 11.8 Å². The highest BCUT2D eigenvalue weighted by atomic mass is 16.2. The minimum absolute atomic E-state index is 0.224. The number of amides is 2. The molecule has 2 aromatic carbocycles. The van der Waals surface area contributed by atoms with Crippen molar-refractivity contribution in [2.75, 3.05) is 10.6 Å². The van der Waals surface area contributed by atoms with Gasteiger partial charge in [0.2, 0.25) is 11.8 Å². The molecule has 0 heterocycles. The summed E-state index contributed by atoms with van der Waals surface area (Å²) in [5.41, 5.74) is 0.476. The van der Waals surface area contributed by atoms with Crippen molar-refractivity contribution in [1.29, 1.82) is 0 Å². The summed E-state index contributed by atoms with van der Waals surface area (Å²) in [4.78, 5) is 25.2. The third-order valence-corrected chi connectivity index (χ3v) is 4.14. The molecule has 0 aliphatic heterocycles. The van der Waals surface area contributed by atoms with Crippen LogP contribution in [0.1, 0.15) is 19.3 Å². The molecule has 0 atom stereocenters. The fourth-order valence-electron chi connectivity index (χ4n) is 2.63. The van der Waals surface area contributed by atoms with Crippen LogP contribution in [0.5, 0.6) is 0 Å². The molecular formula is C18H18N2O2. The molecule has 0 bridgehead atoms. The second kappa shape index (κ2) is 6.02. The van der Waals surface area contributed by atoms with Crippen molar-refractivity contribution >= 4 is 23.2 Å². The predicted molar refractivity (Wildman–Crippen MR) is 86.4 cm³/mol. The lowest BCUT2D eigenvalue weighted by Crippen LogP contribution is -2.50. The average Bonchev–Trinajstić information content (AvgIpc) is 2.48. The van der Waals surface area contributed by atoms with Crippen LogP contribution in [0.25, 0.3) is 0 Å². The van der Waals surface area contributed by atoms with Gasteiger partial charge in [-0.05, 0) is 37.1 Å². The Hall–Kier alpha value is -2.62. The van der Waals surface area contributed by atoms with Crippen LogP contribution < -0.4 is 10.6 Å². The average molecular weight is 294 g/mol. The highest BCUT2D eigenvalue weighted by Gasteiger charge is 2.50. The molecule has 112 valence electrons. The van der Waals surface area contributed by atoms with E-state index in [1.54, 1.807) is 0 Å². The molecule has 0 unspecified atom stereocenters. The molecule has 0 radical (unpaired) electrons. The van der Waals surface area contributed by atoms with Crippen molar-refractivity contribution in [2.45, 2.75) is 19.3 Å². The zero-order valence-corrected chi connectivity index (χ0v) is 12.2. The minimum Gasteiger partial charge on any atom is -0.325 e. The van der Waals surface area contributed by atoms with Crippen LogP contribution in [0, 0.1) is 5.41 Å². The Bertz CT molecular complexity index is 609. The second-order valence-corrected chi connectivity index (χ2v) is 5.58. The van der Waals surface area contributed by atoms with E-state index in [1.807, 2.05) is 60.7 Å². The summed E-state index contributed by atoms with van der Waals surface area (Å²) in [6.45, 7) is 0. The van der Waals surface area contributed by atoms with Crippen LogP contribution in [0.3, 0.4) is 0 Å². The molecule has 2 amide bonds. The summed E-state index contributed by atoms with van der Waals surface area (Å²) >= 11 is 0. The van der Waals surface area contributed by atoms with Crippen molar-refractivity contribution in [1.82, 2.24) is 0 Å². The number of hydrogen-bond donors (Lipinski definition) is 2. The van der Waals surface area contributed by atoms with Crippen molar-refractivity contribution in [3.05, 3.63) is 60.7 Å². The Morgan fingerprint density at radius 1 is 0.727 bits per heavy atom. The lowest BCUT2D eigenvalue weighted by atomic mass is 9.67. The fraction of sp³-hybridized carbons (Fsp3) is 0.222. The number of hydrogen-bond acceptors (Lipinski definition) is 2. The van der Waals surface area contributed by atoms with Gasteiger partial charge in [0.15, 0.2) is 0 Å². The van der Waals surface area contributed by atoms with Gasteiger partial charge < -0.3 is 10.6 Å². The number of anilines is 2. The Balaban J connectivity index is 1.73. The first-order valence-corrected chi connectivity index (χ1v) is 7.44. The molecular weight excluding hydrogens is 276 g/mol. The SMILES string of the molecule is O=C(Nc1ccccc1)C1(C(=O)Nc2ccccc2)CCC1. The van der Waals surface area contributed by atoms with E-state index in [0.29, 0.717) is 24.2 Å². The number of carbonyl (C=O) groups is 2. The van der Waals surface area contributed by atoms with E-state index in [0.717, 1.165) is 6.42 Å². The molecule has 0 aromatic heterocycles. The first kappa shape index (κ1) is 14.3. The standard InChI is InChI=1S/C18H18N2O2/c21-16(19-14-8-3-1-4-9-14)18(12-7-13-18)17(22)20-15-10-5-2-6-11-15/h1-6,8-11H,7,12-13H2,(H,19,21)(H,20,22). The molecule has 0 saturated heterocycles. The number of nitrogens with one attached hydrogen (secondary N) is 2. The lowest BCUT2D eigenvalue weighted by Gasteiger charge is -2.38. The van der Waals surface area contributed by atoms with Crippen LogP contribution in [0.15, 0.2) is 60.7 Å². The van der Waals surface area contributed by atoms with Crippen LogP contribution in [0.2, 0.25) is 0 Å².